The summed E-state index contributed by atoms with van der Waals surface area (Å²) in [5.41, 5.74) is 0. The van der Waals surface area contributed by atoms with E-state index in [0.717, 1.165) is 12.8 Å². The van der Waals surface area contributed by atoms with Crippen molar-refractivity contribution in [1.82, 2.24) is 0 Å². The van der Waals surface area contributed by atoms with Crippen LogP contribution in [0.4, 0.5) is 0 Å². The lowest BCUT2D eigenvalue weighted by Crippen LogP contribution is -2.44. The molecule has 1 aliphatic rings. The first-order valence-corrected chi connectivity index (χ1v) is 4.40. The molecule has 5 nitrogen and oxygen atoms in total. The molecule has 0 aromatic carbocycles. The van der Waals surface area contributed by atoms with Crippen LogP contribution in [0.2, 0.25) is 0 Å². The molecule has 1 fully saturated rings. The van der Waals surface area contributed by atoms with E-state index < -0.39 is 12.2 Å². The highest BCUT2D eigenvalue weighted by Gasteiger charge is 2.28. The lowest BCUT2D eigenvalue weighted by atomic mass is 10.2. The molecular formula is C8H15NO4. The summed E-state index contributed by atoms with van der Waals surface area (Å²) >= 11 is 0. The average Bonchev–Trinajstić information content (AvgIpc) is 2.12. The molecule has 0 aromatic heterocycles. The van der Waals surface area contributed by atoms with Crippen LogP contribution in [0.3, 0.4) is 0 Å². The number of aliphatic hydroxyl groups excluding tert-OH is 1. The van der Waals surface area contributed by atoms with Gasteiger partial charge in [-0.15, -0.1) is 0 Å². The van der Waals surface area contributed by atoms with Gasteiger partial charge in [-0.05, 0) is 6.42 Å². The van der Waals surface area contributed by atoms with E-state index >= 15 is 0 Å². The standard InChI is InChI=1S/C8H15NO4/c1-2-3-8-12-5-6(10)7(13-8)4-9-11/h4,6-8,10-11H,2-3,5H2,1H3/b9-4+/t6-,7+,8?/m1/s1. The summed E-state index contributed by atoms with van der Waals surface area (Å²) in [7, 11) is 0. The summed E-state index contributed by atoms with van der Waals surface area (Å²) < 4.78 is 10.5. The minimum atomic E-state index is -0.746. The van der Waals surface area contributed by atoms with E-state index in [9.17, 15) is 5.11 Å². The van der Waals surface area contributed by atoms with Crippen LogP contribution in [0, 0.1) is 0 Å². The molecule has 0 saturated carbocycles. The summed E-state index contributed by atoms with van der Waals surface area (Å²) in [6.45, 7) is 2.24. The summed E-state index contributed by atoms with van der Waals surface area (Å²) in [6.07, 6.45) is 1.30. The fraction of sp³-hybridized carbons (Fsp3) is 0.875. The van der Waals surface area contributed by atoms with Crippen molar-refractivity contribution in [2.45, 2.75) is 38.3 Å². The first kappa shape index (κ1) is 10.4. The van der Waals surface area contributed by atoms with Crippen LogP contribution in [0.25, 0.3) is 0 Å². The second-order valence-corrected chi connectivity index (χ2v) is 2.98. The van der Waals surface area contributed by atoms with Gasteiger partial charge in [0, 0.05) is 0 Å². The lowest BCUT2D eigenvalue weighted by Gasteiger charge is -2.31. The van der Waals surface area contributed by atoms with E-state index in [1.807, 2.05) is 6.92 Å². The van der Waals surface area contributed by atoms with Crippen molar-refractivity contribution in [1.29, 1.82) is 0 Å². The Balaban J connectivity index is 2.42. The maximum atomic E-state index is 9.33. The van der Waals surface area contributed by atoms with Crippen LogP contribution in [0.15, 0.2) is 5.16 Å². The SMILES string of the molecule is CCCC1OC[C@@H](O)[C@H](/C=N/O)O1. The van der Waals surface area contributed by atoms with Gasteiger partial charge in [0.1, 0.15) is 12.2 Å². The third-order valence-corrected chi connectivity index (χ3v) is 1.88. The first-order chi connectivity index (χ1) is 6.27. The van der Waals surface area contributed by atoms with Crippen molar-refractivity contribution in [3.63, 3.8) is 0 Å². The number of nitrogens with zero attached hydrogens (tertiary/aromatic N) is 1. The van der Waals surface area contributed by atoms with E-state index in [1.165, 1.54) is 6.21 Å². The van der Waals surface area contributed by atoms with Gasteiger partial charge >= 0.3 is 0 Å². The fourth-order valence-corrected chi connectivity index (χ4v) is 1.19. The normalized spacial score (nSPS) is 35.4. The summed E-state index contributed by atoms with van der Waals surface area (Å²) in [6, 6.07) is 0. The summed E-state index contributed by atoms with van der Waals surface area (Å²) in [4.78, 5) is 0. The Bertz CT molecular complexity index is 174. The molecule has 0 amide bonds. The second-order valence-electron chi connectivity index (χ2n) is 2.98. The molecule has 5 heteroatoms. The highest BCUT2D eigenvalue weighted by Crippen LogP contribution is 2.15. The quantitative estimate of drug-likeness (QED) is 0.382. The maximum absolute atomic E-state index is 9.33. The Morgan fingerprint density at radius 3 is 3.00 bits per heavy atom. The minimum absolute atomic E-state index is 0.224. The molecule has 1 rings (SSSR count). The molecular weight excluding hydrogens is 174 g/mol. The van der Waals surface area contributed by atoms with E-state index in [-0.39, 0.29) is 12.9 Å². The number of rotatable bonds is 3. The smallest absolute Gasteiger partial charge is 0.158 e. The highest BCUT2D eigenvalue weighted by molar-refractivity contribution is 5.63. The van der Waals surface area contributed by atoms with Gasteiger partial charge in [0.25, 0.3) is 0 Å². The average molecular weight is 189 g/mol. The van der Waals surface area contributed by atoms with Crippen LogP contribution in [-0.2, 0) is 9.47 Å². The molecule has 0 radical (unpaired) electrons. The van der Waals surface area contributed by atoms with Crippen LogP contribution in [0.5, 0.6) is 0 Å². The number of ether oxygens (including phenoxy) is 2. The molecule has 0 spiro atoms. The highest BCUT2D eigenvalue weighted by atomic mass is 16.7. The number of aliphatic hydroxyl groups is 1. The van der Waals surface area contributed by atoms with E-state index in [0.29, 0.717) is 0 Å². The molecule has 0 aromatic rings. The molecule has 76 valence electrons. The van der Waals surface area contributed by atoms with Crippen LogP contribution < -0.4 is 0 Å². The van der Waals surface area contributed by atoms with Crippen molar-refractivity contribution in [2.75, 3.05) is 6.61 Å². The lowest BCUT2D eigenvalue weighted by molar-refractivity contribution is -0.234. The molecule has 1 aliphatic heterocycles. The molecule has 2 N–H and O–H groups in total. The Kier molecular flexibility index (Phi) is 4.14. The number of hydrogen-bond acceptors (Lipinski definition) is 5. The van der Waals surface area contributed by atoms with Gasteiger partial charge in [0.05, 0.1) is 12.8 Å². The van der Waals surface area contributed by atoms with E-state index in [2.05, 4.69) is 5.16 Å². The Morgan fingerprint density at radius 2 is 2.38 bits per heavy atom. The maximum Gasteiger partial charge on any atom is 0.158 e. The molecule has 13 heavy (non-hydrogen) atoms. The van der Waals surface area contributed by atoms with Crippen LogP contribution in [-0.4, -0.2) is 41.6 Å². The van der Waals surface area contributed by atoms with Gasteiger partial charge in [0.15, 0.2) is 6.29 Å². The van der Waals surface area contributed by atoms with E-state index in [4.69, 9.17) is 14.7 Å². The van der Waals surface area contributed by atoms with Crippen molar-refractivity contribution in [2.24, 2.45) is 5.16 Å². The zero-order chi connectivity index (χ0) is 9.68. The largest absolute Gasteiger partial charge is 0.411 e. The molecule has 1 unspecified atom stereocenters. The Labute approximate surface area is 77.0 Å². The van der Waals surface area contributed by atoms with Crippen LogP contribution in [0.1, 0.15) is 19.8 Å². The van der Waals surface area contributed by atoms with Crippen LogP contribution >= 0.6 is 0 Å². The Hall–Kier alpha value is -0.650. The zero-order valence-electron chi connectivity index (χ0n) is 7.59. The summed E-state index contributed by atoms with van der Waals surface area (Å²) in [5, 5.41) is 20.5. The monoisotopic (exact) mass is 189 g/mol. The fourth-order valence-electron chi connectivity index (χ4n) is 1.19. The van der Waals surface area contributed by atoms with Gasteiger partial charge in [0.2, 0.25) is 0 Å². The van der Waals surface area contributed by atoms with Gasteiger partial charge in [-0.25, -0.2) is 0 Å². The third-order valence-electron chi connectivity index (χ3n) is 1.88. The molecule has 0 bridgehead atoms. The van der Waals surface area contributed by atoms with Crippen molar-refractivity contribution < 1.29 is 19.8 Å². The molecule has 0 aliphatic carbocycles. The predicted molar refractivity (Wildman–Crippen MR) is 45.8 cm³/mol. The predicted octanol–water partition coefficient (Wildman–Crippen LogP) is 0.349. The number of oxime groups is 1. The number of hydrogen-bond donors (Lipinski definition) is 2. The van der Waals surface area contributed by atoms with Gasteiger partial charge in [-0.3, -0.25) is 0 Å². The Morgan fingerprint density at radius 1 is 1.62 bits per heavy atom. The van der Waals surface area contributed by atoms with Crippen molar-refractivity contribution in [3.8, 4) is 0 Å². The second kappa shape index (κ2) is 5.16. The van der Waals surface area contributed by atoms with Gasteiger partial charge in [-0.2, -0.15) is 0 Å². The topological polar surface area (TPSA) is 71.3 Å². The van der Waals surface area contributed by atoms with Crippen molar-refractivity contribution >= 4 is 6.21 Å². The van der Waals surface area contributed by atoms with Gasteiger partial charge in [-0.1, -0.05) is 18.5 Å². The van der Waals surface area contributed by atoms with Gasteiger partial charge < -0.3 is 19.8 Å². The minimum Gasteiger partial charge on any atom is -0.411 e. The molecule has 1 heterocycles. The van der Waals surface area contributed by atoms with Crippen molar-refractivity contribution in [3.05, 3.63) is 0 Å². The van der Waals surface area contributed by atoms with E-state index in [1.54, 1.807) is 0 Å². The summed E-state index contributed by atoms with van der Waals surface area (Å²) in [5.74, 6) is 0. The first-order valence-electron chi connectivity index (χ1n) is 4.40. The third kappa shape index (κ3) is 2.95. The molecule has 3 atom stereocenters. The zero-order valence-corrected chi connectivity index (χ0v) is 7.59. The molecule has 1 saturated heterocycles.